The van der Waals surface area contributed by atoms with Gasteiger partial charge in [0.1, 0.15) is 5.82 Å². The molecular formula is C9H12ClFN4. The third-order valence-corrected chi connectivity index (χ3v) is 2.11. The number of nitrogens with two attached hydrogens (primary N) is 2. The van der Waals surface area contributed by atoms with E-state index < -0.39 is 0 Å². The van der Waals surface area contributed by atoms with Crippen LogP contribution in [0.15, 0.2) is 23.3 Å². The van der Waals surface area contributed by atoms with Crippen LogP contribution in [0.3, 0.4) is 0 Å². The van der Waals surface area contributed by atoms with E-state index in [-0.39, 0.29) is 11.8 Å². The van der Waals surface area contributed by atoms with Crippen LogP contribution in [0, 0.1) is 5.82 Å². The Bertz CT molecular complexity index is 343. The topological polar surface area (TPSA) is 76.4 Å². The molecule has 0 spiro atoms. The van der Waals surface area contributed by atoms with Crippen molar-refractivity contribution in [3.05, 3.63) is 34.6 Å². The minimum Gasteiger partial charge on any atom is -0.369 e. The summed E-state index contributed by atoms with van der Waals surface area (Å²) in [5.74, 6) is -0.386. The van der Waals surface area contributed by atoms with Gasteiger partial charge >= 0.3 is 0 Å². The van der Waals surface area contributed by atoms with Crippen molar-refractivity contribution in [2.45, 2.75) is 6.42 Å². The molecule has 0 atom stereocenters. The molecule has 0 aromatic heterocycles. The van der Waals surface area contributed by atoms with E-state index in [2.05, 4.69) is 10.5 Å². The van der Waals surface area contributed by atoms with Crippen molar-refractivity contribution in [2.75, 3.05) is 6.54 Å². The van der Waals surface area contributed by atoms with Crippen LogP contribution in [0.2, 0.25) is 5.02 Å². The normalized spacial score (nSPS) is 9.73. The van der Waals surface area contributed by atoms with E-state index in [1.165, 1.54) is 6.07 Å². The number of nitrogens with zero attached hydrogens (tertiary/aromatic N) is 1. The molecular weight excluding hydrogens is 219 g/mol. The summed E-state index contributed by atoms with van der Waals surface area (Å²) in [4.78, 5) is 0. The second-order valence-electron chi connectivity index (χ2n) is 2.89. The Balaban J connectivity index is 2.54. The Hall–Kier alpha value is -1.49. The van der Waals surface area contributed by atoms with Gasteiger partial charge in [0.05, 0.1) is 0 Å². The highest BCUT2D eigenvalue weighted by atomic mass is 35.5. The minimum absolute atomic E-state index is 0.0605. The minimum atomic E-state index is -0.325. The Labute approximate surface area is 92.1 Å². The molecule has 4 nitrogen and oxygen atoms in total. The molecule has 82 valence electrons. The van der Waals surface area contributed by atoms with Crippen molar-refractivity contribution in [1.29, 1.82) is 0 Å². The zero-order valence-electron chi connectivity index (χ0n) is 8.00. The number of benzene rings is 1. The molecule has 0 bridgehead atoms. The standard InChI is InChI=1S/C9H12ClFN4/c10-7-2-1-3-8(11)6(7)4-5-14-15-9(12)13/h1-3,14H,4-5H2,(H4,12,13,15). The Morgan fingerprint density at radius 2 is 2.20 bits per heavy atom. The smallest absolute Gasteiger partial charge is 0.208 e. The van der Waals surface area contributed by atoms with Crippen molar-refractivity contribution in [3.63, 3.8) is 0 Å². The van der Waals surface area contributed by atoms with Crippen LogP contribution in [0.4, 0.5) is 4.39 Å². The number of halogens is 2. The van der Waals surface area contributed by atoms with E-state index >= 15 is 0 Å². The van der Waals surface area contributed by atoms with Crippen molar-refractivity contribution in [2.24, 2.45) is 16.6 Å². The third-order valence-electron chi connectivity index (χ3n) is 1.76. The molecule has 0 fully saturated rings. The zero-order valence-corrected chi connectivity index (χ0v) is 8.76. The molecule has 0 aliphatic heterocycles. The number of nitrogens with one attached hydrogen (secondary N) is 1. The summed E-state index contributed by atoms with van der Waals surface area (Å²) < 4.78 is 13.2. The summed E-state index contributed by atoms with van der Waals surface area (Å²) in [5.41, 5.74) is 13.2. The lowest BCUT2D eigenvalue weighted by atomic mass is 10.1. The van der Waals surface area contributed by atoms with Crippen LogP contribution < -0.4 is 16.9 Å². The Kier molecular flexibility index (Phi) is 4.17. The lowest BCUT2D eigenvalue weighted by Crippen LogP contribution is -2.27. The first-order chi connectivity index (χ1) is 7.11. The van der Waals surface area contributed by atoms with Crippen LogP contribution in [-0.2, 0) is 6.42 Å². The van der Waals surface area contributed by atoms with Gasteiger partial charge in [0.25, 0.3) is 0 Å². The van der Waals surface area contributed by atoms with E-state index in [4.69, 9.17) is 23.1 Å². The molecule has 0 heterocycles. The van der Waals surface area contributed by atoms with Gasteiger partial charge in [0.2, 0.25) is 5.96 Å². The molecule has 0 radical (unpaired) electrons. The van der Waals surface area contributed by atoms with Crippen molar-refractivity contribution in [1.82, 2.24) is 5.43 Å². The predicted molar refractivity (Wildman–Crippen MR) is 58.9 cm³/mol. The van der Waals surface area contributed by atoms with Gasteiger partial charge < -0.3 is 16.9 Å². The first kappa shape index (κ1) is 11.6. The lowest BCUT2D eigenvalue weighted by Gasteiger charge is -2.05. The lowest BCUT2D eigenvalue weighted by molar-refractivity contribution is 0.602. The molecule has 1 aromatic carbocycles. The van der Waals surface area contributed by atoms with Crippen molar-refractivity contribution >= 4 is 17.6 Å². The van der Waals surface area contributed by atoms with E-state index in [0.717, 1.165) is 0 Å². The fourth-order valence-electron chi connectivity index (χ4n) is 1.10. The van der Waals surface area contributed by atoms with Gasteiger partial charge in [-0.15, -0.1) is 5.10 Å². The number of hydrogen-bond acceptors (Lipinski definition) is 2. The SMILES string of the molecule is NC(N)=NNCCc1c(F)cccc1Cl. The van der Waals surface area contributed by atoms with Gasteiger partial charge in [-0.2, -0.15) is 0 Å². The maximum absolute atomic E-state index is 13.2. The monoisotopic (exact) mass is 230 g/mol. The van der Waals surface area contributed by atoms with Crippen LogP contribution in [0.25, 0.3) is 0 Å². The van der Waals surface area contributed by atoms with E-state index in [1.54, 1.807) is 12.1 Å². The number of hydrogen-bond donors (Lipinski definition) is 3. The van der Waals surface area contributed by atoms with E-state index in [9.17, 15) is 4.39 Å². The molecule has 0 aliphatic rings. The molecule has 15 heavy (non-hydrogen) atoms. The summed E-state index contributed by atoms with van der Waals surface area (Å²) >= 11 is 5.82. The molecule has 5 N–H and O–H groups in total. The molecule has 1 aromatic rings. The highest BCUT2D eigenvalue weighted by molar-refractivity contribution is 6.31. The maximum atomic E-state index is 13.2. The second-order valence-corrected chi connectivity index (χ2v) is 3.30. The molecule has 1 rings (SSSR count). The average Bonchev–Trinajstić information content (AvgIpc) is 2.15. The van der Waals surface area contributed by atoms with Gasteiger partial charge in [-0.1, -0.05) is 17.7 Å². The highest BCUT2D eigenvalue weighted by Gasteiger charge is 2.05. The van der Waals surface area contributed by atoms with E-state index in [0.29, 0.717) is 23.6 Å². The maximum Gasteiger partial charge on any atom is 0.208 e. The molecule has 0 saturated carbocycles. The first-order valence-electron chi connectivity index (χ1n) is 4.35. The summed E-state index contributed by atoms with van der Waals surface area (Å²) in [6, 6.07) is 4.56. The summed E-state index contributed by atoms with van der Waals surface area (Å²) in [5, 5.41) is 3.96. The van der Waals surface area contributed by atoms with Gasteiger partial charge in [-0.25, -0.2) is 4.39 Å². The van der Waals surface area contributed by atoms with Crippen LogP contribution in [0.5, 0.6) is 0 Å². The number of hydrazone groups is 1. The van der Waals surface area contributed by atoms with Gasteiger partial charge in [0.15, 0.2) is 0 Å². The zero-order chi connectivity index (χ0) is 11.3. The molecule has 6 heteroatoms. The molecule has 0 aliphatic carbocycles. The van der Waals surface area contributed by atoms with E-state index in [1.807, 2.05) is 0 Å². The van der Waals surface area contributed by atoms with Crippen molar-refractivity contribution < 1.29 is 4.39 Å². The van der Waals surface area contributed by atoms with Crippen LogP contribution in [0.1, 0.15) is 5.56 Å². The summed E-state index contributed by atoms with van der Waals surface area (Å²) in [6.07, 6.45) is 0.419. The van der Waals surface area contributed by atoms with Gasteiger partial charge in [-0.05, 0) is 18.6 Å². The fourth-order valence-corrected chi connectivity index (χ4v) is 1.36. The number of rotatable bonds is 4. The highest BCUT2D eigenvalue weighted by Crippen LogP contribution is 2.18. The third kappa shape index (κ3) is 3.63. The quantitative estimate of drug-likeness (QED) is 0.310. The number of guanidine groups is 1. The molecule has 0 saturated heterocycles. The first-order valence-corrected chi connectivity index (χ1v) is 4.73. The van der Waals surface area contributed by atoms with Crippen LogP contribution >= 0.6 is 11.6 Å². The largest absolute Gasteiger partial charge is 0.369 e. The Morgan fingerprint density at radius 3 is 2.80 bits per heavy atom. The van der Waals surface area contributed by atoms with Gasteiger partial charge in [0, 0.05) is 17.1 Å². The fraction of sp³-hybridized carbons (Fsp3) is 0.222. The summed E-state index contributed by atoms with van der Waals surface area (Å²) in [7, 11) is 0. The second kappa shape index (κ2) is 5.41. The predicted octanol–water partition coefficient (Wildman–Crippen LogP) is 0.800. The van der Waals surface area contributed by atoms with Crippen molar-refractivity contribution in [3.8, 4) is 0 Å². The summed E-state index contributed by atoms with van der Waals surface area (Å²) in [6.45, 7) is 0.415. The van der Waals surface area contributed by atoms with Gasteiger partial charge in [-0.3, -0.25) is 0 Å². The molecule has 0 unspecified atom stereocenters. The molecule has 0 amide bonds. The average molecular weight is 231 g/mol. The van der Waals surface area contributed by atoms with Crippen LogP contribution in [-0.4, -0.2) is 12.5 Å². The Morgan fingerprint density at radius 1 is 1.47 bits per heavy atom.